The van der Waals surface area contributed by atoms with E-state index in [1.807, 2.05) is 12.3 Å². The fourth-order valence-corrected chi connectivity index (χ4v) is 4.92. The number of pyridine rings is 1. The Morgan fingerprint density at radius 3 is 2.59 bits per heavy atom. The van der Waals surface area contributed by atoms with Crippen molar-refractivity contribution in [2.45, 2.75) is 58.3 Å². The molecule has 2 aromatic heterocycles. The third kappa shape index (κ3) is 6.05. The number of nitrogens with zero attached hydrogens (tertiary/aromatic N) is 6. The topological polar surface area (TPSA) is 68.5 Å². The molecular formula is C24H38N6O2. The summed E-state index contributed by atoms with van der Waals surface area (Å²) in [5.41, 5.74) is 1.01. The lowest BCUT2D eigenvalue weighted by Gasteiger charge is -2.35. The number of anilines is 1. The van der Waals surface area contributed by atoms with Crippen molar-refractivity contribution < 1.29 is 9.47 Å². The van der Waals surface area contributed by atoms with Crippen LogP contribution in [0.4, 0.5) is 5.95 Å². The second kappa shape index (κ2) is 11.2. The highest BCUT2D eigenvalue weighted by atomic mass is 16.5. The minimum Gasteiger partial charge on any atom is -0.381 e. The SMILES string of the molecule is CC1CN(CCCn2c(-c3cccnc3)nnc2N(C)CCC2CCOCC2)CC(C)O1. The van der Waals surface area contributed by atoms with E-state index in [1.165, 1.54) is 6.42 Å². The summed E-state index contributed by atoms with van der Waals surface area (Å²) in [6.45, 7) is 11.0. The van der Waals surface area contributed by atoms with Gasteiger partial charge in [0.05, 0.1) is 12.2 Å². The smallest absolute Gasteiger partial charge is 0.227 e. The molecule has 0 aromatic carbocycles. The van der Waals surface area contributed by atoms with Gasteiger partial charge in [0.25, 0.3) is 0 Å². The van der Waals surface area contributed by atoms with Crippen LogP contribution in [0.3, 0.4) is 0 Å². The average molecular weight is 443 g/mol. The lowest BCUT2D eigenvalue weighted by molar-refractivity contribution is -0.0682. The second-order valence-electron chi connectivity index (χ2n) is 9.35. The molecule has 2 saturated heterocycles. The molecule has 2 fully saturated rings. The van der Waals surface area contributed by atoms with Crippen LogP contribution in [0.15, 0.2) is 24.5 Å². The van der Waals surface area contributed by atoms with Crippen molar-refractivity contribution in [1.29, 1.82) is 0 Å². The summed E-state index contributed by atoms with van der Waals surface area (Å²) >= 11 is 0. The average Bonchev–Trinajstić information content (AvgIpc) is 3.22. The molecule has 176 valence electrons. The predicted molar refractivity (Wildman–Crippen MR) is 126 cm³/mol. The van der Waals surface area contributed by atoms with Crippen molar-refractivity contribution in [3.05, 3.63) is 24.5 Å². The Bertz CT molecular complexity index is 813. The highest BCUT2D eigenvalue weighted by molar-refractivity contribution is 5.56. The normalized spacial score (nSPS) is 22.8. The van der Waals surface area contributed by atoms with Gasteiger partial charge >= 0.3 is 0 Å². The molecule has 2 aromatic rings. The van der Waals surface area contributed by atoms with Crippen molar-refractivity contribution in [2.75, 3.05) is 51.3 Å². The summed E-state index contributed by atoms with van der Waals surface area (Å²) < 4.78 is 13.7. The molecular weight excluding hydrogens is 404 g/mol. The van der Waals surface area contributed by atoms with Crippen LogP contribution < -0.4 is 4.90 Å². The van der Waals surface area contributed by atoms with Crippen molar-refractivity contribution in [2.24, 2.45) is 5.92 Å². The van der Waals surface area contributed by atoms with Gasteiger partial charge in [0, 0.05) is 70.9 Å². The minimum atomic E-state index is 0.298. The molecule has 8 nitrogen and oxygen atoms in total. The van der Waals surface area contributed by atoms with E-state index in [9.17, 15) is 0 Å². The maximum Gasteiger partial charge on any atom is 0.227 e. The van der Waals surface area contributed by atoms with Gasteiger partial charge in [-0.15, -0.1) is 10.2 Å². The van der Waals surface area contributed by atoms with Gasteiger partial charge in [-0.25, -0.2) is 0 Å². The number of rotatable bonds is 9. The molecule has 8 heteroatoms. The molecule has 32 heavy (non-hydrogen) atoms. The highest BCUT2D eigenvalue weighted by Crippen LogP contribution is 2.24. The van der Waals surface area contributed by atoms with Crippen LogP contribution in [0.1, 0.15) is 39.5 Å². The second-order valence-corrected chi connectivity index (χ2v) is 9.35. The molecule has 4 heterocycles. The molecule has 0 N–H and O–H groups in total. The molecule has 0 saturated carbocycles. The first kappa shape index (κ1) is 23.1. The van der Waals surface area contributed by atoms with Crippen LogP contribution in [-0.4, -0.2) is 83.3 Å². The van der Waals surface area contributed by atoms with Gasteiger partial charge in [-0.1, -0.05) is 0 Å². The standard InChI is InChI=1S/C24H38N6O2/c1-19-17-29(18-20(2)32-19)11-5-12-30-23(22-6-4-10-25-16-22)26-27-24(30)28(3)13-7-21-8-14-31-15-9-21/h4,6,10,16,19-21H,5,7-9,11-15,17-18H2,1-3H3. The van der Waals surface area contributed by atoms with E-state index in [0.29, 0.717) is 12.2 Å². The molecule has 2 aliphatic heterocycles. The molecule has 0 aliphatic carbocycles. The van der Waals surface area contributed by atoms with Gasteiger partial charge in [0.1, 0.15) is 0 Å². The molecule has 2 aliphatic rings. The van der Waals surface area contributed by atoms with Crippen molar-refractivity contribution in [3.63, 3.8) is 0 Å². The zero-order valence-electron chi connectivity index (χ0n) is 19.8. The van der Waals surface area contributed by atoms with Crippen molar-refractivity contribution in [1.82, 2.24) is 24.6 Å². The first-order valence-corrected chi connectivity index (χ1v) is 12.1. The number of morpholine rings is 1. The minimum absolute atomic E-state index is 0.298. The largest absolute Gasteiger partial charge is 0.381 e. The van der Waals surface area contributed by atoms with Crippen LogP contribution in [0.25, 0.3) is 11.4 Å². The zero-order valence-corrected chi connectivity index (χ0v) is 19.8. The van der Waals surface area contributed by atoms with Gasteiger partial charge in [-0.2, -0.15) is 0 Å². The zero-order chi connectivity index (χ0) is 22.3. The fraction of sp³-hybridized carbons (Fsp3) is 0.708. The van der Waals surface area contributed by atoms with E-state index in [-0.39, 0.29) is 0 Å². The van der Waals surface area contributed by atoms with Crippen LogP contribution in [0, 0.1) is 5.92 Å². The van der Waals surface area contributed by atoms with Gasteiger partial charge in [0.15, 0.2) is 5.82 Å². The Kier molecular flexibility index (Phi) is 8.10. The number of ether oxygens (including phenoxy) is 2. The Balaban J connectivity index is 1.43. The molecule has 0 bridgehead atoms. The molecule has 0 radical (unpaired) electrons. The van der Waals surface area contributed by atoms with Crippen molar-refractivity contribution >= 4 is 5.95 Å². The van der Waals surface area contributed by atoms with Gasteiger partial charge < -0.3 is 14.4 Å². The van der Waals surface area contributed by atoms with E-state index >= 15 is 0 Å². The van der Waals surface area contributed by atoms with Crippen LogP contribution in [-0.2, 0) is 16.0 Å². The molecule has 4 rings (SSSR count). The Morgan fingerprint density at radius 1 is 1.09 bits per heavy atom. The van der Waals surface area contributed by atoms with Crippen molar-refractivity contribution in [3.8, 4) is 11.4 Å². The van der Waals surface area contributed by atoms with Gasteiger partial charge in [0.2, 0.25) is 5.95 Å². The molecule has 2 atom stereocenters. The Hall–Kier alpha value is -2.03. The summed E-state index contributed by atoms with van der Waals surface area (Å²) in [5, 5.41) is 9.17. The molecule has 0 spiro atoms. The number of aromatic nitrogens is 4. The van der Waals surface area contributed by atoms with E-state index in [1.54, 1.807) is 6.20 Å². The van der Waals surface area contributed by atoms with E-state index in [2.05, 4.69) is 56.5 Å². The fourth-order valence-electron chi connectivity index (χ4n) is 4.92. The summed E-state index contributed by atoms with van der Waals surface area (Å²) in [5.74, 6) is 2.58. The first-order chi connectivity index (χ1) is 15.6. The first-order valence-electron chi connectivity index (χ1n) is 12.1. The number of hydrogen-bond donors (Lipinski definition) is 0. The third-order valence-electron chi connectivity index (χ3n) is 6.56. The lowest BCUT2D eigenvalue weighted by atomic mass is 9.96. The third-order valence-corrected chi connectivity index (χ3v) is 6.56. The van der Waals surface area contributed by atoms with Gasteiger partial charge in [-0.05, 0) is 57.6 Å². The summed E-state index contributed by atoms with van der Waals surface area (Å²) in [6.07, 6.45) is 8.81. The summed E-state index contributed by atoms with van der Waals surface area (Å²) in [7, 11) is 2.14. The Morgan fingerprint density at radius 2 is 1.88 bits per heavy atom. The quantitative estimate of drug-likeness (QED) is 0.591. The van der Waals surface area contributed by atoms with Crippen LogP contribution in [0.2, 0.25) is 0 Å². The van der Waals surface area contributed by atoms with E-state index in [0.717, 1.165) is 88.5 Å². The monoisotopic (exact) mass is 442 g/mol. The number of hydrogen-bond acceptors (Lipinski definition) is 7. The lowest BCUT2D eigenvalue weighted by Crippen LogP contribution is -2.45. The van der Waals surface area contributed by atoms with Gasteiger partial charge in [-0.3, -0.25) is 14.5 Å². The Labute approximate surface area is 191 Å². The highest BCUT2D eigenvalue weighted by Gasteiger charge is 2.23. The van der Waals surface area contributed by atoms with Crippen LogP contribution in [0.5, 0.6) is 0 Å². The van der Waals surface area contributed by atoms with E-state index < -0.39 is 0 Å². The summed E-state index contributed by atoms with van der Waals surface area (Å²) in [6, 6.07) is 4.02. The predicted octanol–water partition coefficient (Wildman–Crippen LogP) is 3.09. The van der Waals surface area contributed by atoms with E-state index in [4.69, 9.17) is 9.47 Å². The van der Waals surface area contributed by atoms with Crippen LogP contribution >= 0.6 is 0 Å². The summed E-state index contributed by atoms with van der Waals surface area (Å²) in [4.78, 5) is 9.08. The molecule has 2 unspecified atom stereocenters. The molecule has 0 amide bonds. The maximum atomic E-state index is 5.88. The maximum absolute atomic E-state index is 5.88.